The largest absolute Gasteiger partial charge is 0.481 e. The normalized spacial score (nSPS) is 14.9. The molecule has 0 radical (unpaired) electrons. The lowest BCUT2D eigenvalue weighted by molar-refractivity contribution is -0.138. The van der Waals surface area contributed by atoms with Crippen LogP contribution < -0.4 is 5.32 Å². The van der Waals surface area contributed by atoms with Crippen LogP contribution in [0.15, 0.2) is 0 Å². The van der Waals surface area contributed by atoms with Crippen molar-refractivity contribution < 1.29 is 14.7 Å². The fraction of sp³-hybridized carbons (Fsp3) is 0.857. The van der Waals surface area contributed by atoms with Gasteiger partial charge in [-0.1, -0.05) is 41.0 Å². The van der Waals surface area contributed by atoms with Crippen molar-refractivity contribution in [2.24, 2.45) is 17.3 Å². The van der Waals surface area contributed by atoms with Gasteiger partial charge in [0.15, 0.2) is 0 Å². The molecule has 1 amide bonds. The quantitative estimate of drug-likeness (QED) is 0.737. The number of carboxylic acids is 1. The van der Waals surface area contributed by atoms with Crippen molar-refractivity contribution in [2.45, 2.75) is 53.9 Å². The molecule has 0 saturated heterocycles. The zero-order valence-corrected chi connectivity index (χ0v) is 12.2. The monoisotopic (exact) mass is 257 g/mol. The number of hydrogen-bond donors (Lipinski definition) is 2. The van der Waals surface area contributed by atoms with Crippen LogP contribution in [0.5, 0.6) is 0 Å². The zero-order chi connectivity index (χ0) is 14.3. The van der Waals surface area contributed by atoms with Gasteiger partial charge >= 0.3 is 5.97 Å². The first kappa shape index (κ1) is 16.9. The minimum Gasteiger partial charge on any atom is -0.481 e. The van der Waals surface area contributed by atoms with Crippen LogP contribution in [0.2, 0.25) is 0 Å². The minimum atomic E-state index is -0.806. The summed E-state index contributed by atoms with van der Waals surface area (Å²) in [5.74, 6) is -0.464. The second-order valence-electron chi connectivity index (χ2n) is 6.15. The predicted octanol–water partition coefficient (Wildman–Crippen LogP) is 2.68. The topological polar surface area (TPSA) is 66.4 Å². The number of amides is 1. The van der Waals surface area contributed by atoms with Crippen molar-refractivity contribution in [2.75, 3.05) is 6.54 Å². The molecule has 0 rings (SSSR count). The maximum Gasteiger partial charge on any atom is 0.303 e. The van der Waals surface area contributed by atoms with Crippen LogP contribution in [0.3, 0.4) is 0 Å². The average molecular weight is 257 g/mol. The number of rotatable bonds is 7. The molecule has 4 heteroatoms. The van der Waals surface area contributed by atoms with Crippen LogP contribution in [0, 0.1) is 17.3 Å². The molecule has 0 aliphatic carbocycles. The van der Waals surface area contributed by atoms with E-state index >= 15 is 0 Å². The first-order valence-electron chi connectivity index (χ1n) is 6.65. The fourth-order valence-corrected chi connectivity index (χ4v) is 1.52. The van der Waals surface area contributed by atoms with E-state index in [1.807, 2.05) is 6.92 Å². The smallest absolute Gasteiger partial charge is 0.303 e. The molecule has 0 aliphatic rings. The Bertz CT molecular complexity index is 281. The Morgan fingerprint density at radius 3 is 2.17 bits per heavy atom. The molecule has 2 unspecified atom stereocenters. The molecule has 0 aromatic rings. The highest BCUT2D eigenvalue weighted by molar-refractivity contribution is 5.76. The Labute approximate surface area is 110 Å². The van der Waals surface area contributed by atoms with Gasteiger partial charge in [0, 0.05) is 19.4 Å². The van der Waals surface area contributed by atoms with Gasteiger partial charge in [-0.15, -0.1) is 0 Å². The number of hydrogen-bond acceptors (Lipinski definition) is 2. The van der Waals surface area contributed by atoms with Crippen molar-refractivity contribution in [3.05, 3.63) is 0 Å². The Morgan fingerprint density at radius 1 is 1.22 bits per heavy atom. The van der Waals surface area contributed by atoms with Crippen LogP contribution in [0.1, 0.15) is 53.9 Å². The van der Waals surface area contributed by atoms with Gasteiger partial charge in [-0.3, -0.25) is 9.59 Å². The number of carboxylic acid groups (broad SMARTS) is 1. The lowest BCUT2D eigenvalue weighted by Crippen LogP contribution is -2.33. The maximum absolute atomic E-state index is 11.7. The summed E-state index contributed by atoms with van der Waals surface area (Å²) in [4.78, 5) is 22.4. The van der Waals surface area contributed by atoms with E-state index < -0.39 is 5.97 Å². The van der Waals surface area contributed by atoms with Crippen molar-refractivity contribution >= 4 is 11.9 Å². The summed E-state index contributed by atoms with van der Waals surface area (Å²) >= 11 is 0. The summed E-state index contributed by atoms with van der Waals surface area (Å²) in [5.41, 5.74) is 0.114. The summed E-state index contributed by atoms with van der Waals surface area (Å²) in [6, 6.07) is 0. The third kappa shape index (κ3) is 7.30. The van der Waals surface area contributed by atoms with Gasteiger partial charge in [-0.05, 0) is 17.3 Å². The molecule has 0 heterocycles. The number of nitrogens with one attached hydrogen (secondary N) is 1. The van der Waals surface area contributed by atoms with Crippen molar-refractivity contribution in [1.82, 2.24) is 5.32 Å². The number of aliphatic carboxylic acids is 1. The van der Waals surface area contributed by atoms with Gasteiger partial charge in [0.05, 0.1) is 0 Å². The van der Waals surface area contributed by atoms with Crippen LogP contribution in [0.4, 0.5) is 0 Å². The maximum atomic E-state index is 11.7. The van der Waals surface area contributed by atoms with E-state index in [9.17, 15) is 9.59 Å². The molecule has 0 bridgehead atoms. The van der Waals surface area contributed by atoms with Gasteiger partial charge in [0.1, 0.15) is 0 Å². The van der Waals surface area contributed by atoms with Gasteiger partial charge in [0.25, 0.3) is 0 Å². The molecule has 0 aliphatic heterocycles. The third-order valence-corrected chi connectivity index (χ3v) is 3.60. The molecule has 0 spiro atoms. The first-order valence-corrected chi connectivity index (χ1v) is 6.65. The molecule has 106 valence electrons. The Balaban J connectivity index is 4.06. The number of carbonyl (C=O) groups is 2. The number of carbonyl (C=O) groups excluding carboxylic acids is 1. The highest BCUT2D eigenvalue weighted by atomic mass is 16.4. The second kappa shape index (κ2) is 7.39. The Hall–Kier alpha value is -1.06. The average Bonchev–Trinajstić information content (AvgIpc) is 2.22. The molecule has 18 heavy (non-hydrogen) atoms. The van der Waals surface area contributed by atoms with E-state index in [-0.39, 0.29) is 23.7 Å². The van der Waals surface area contributed by atoms with Gasteiger partial charge < -0.3 is 10.4 Å². The zero-order valence-electron chi connectivity index (χ0n) is 12.2. The lowest BCUT2D eigenvalue weighted by Gasteiger charge is -2.26. The SMILES string of the molecule is CCC(CNC(=O)CC(C)C(C)(C)C)CC(=O)O. The van der Waals surface area contributed by atoms with Gasteiger partial charge in [0.2, 0.25) is 5.91 Å². The molecular formula is C14H27NO3. The van der Waals surface area contributed by atoms with Gasteiger partial charge in [-0.2, -0.15) is 0 Å². The van der Waals surface area contributed by atoms with Crippen LogP contribution in [-0.2, 0) is 9.59 Å². The standard InChI is InChI=1S/C14H27NO3/c1-6-11(8-13(17)18)9-15-12(16)7-10(2)14(3,4)5/h10-11H,6-9H2,1-5H3,(H,15,16)(H,17,18). The predicted molar refractivity (Wildman–Crippen MR) is 72.3 cm³/mol. The van der Waals surface area contributed by atoms with E-state index in [1.165, 1.54) is 0 Å². The summed E-state index contributed by atoms with van der Waals surface area (Å²) in [6.45, 7) is 10.8. The molecule has 4 nitrogen and oxygen atoms in total. The van der Waals surface area contributed by atoms with Gasteiger partial charge in [-0.25, -0.2) is 0 Å². The van der Waals surface area contributed by atoms with Crippen LogP contribution in [-0.4, -0.2) is 23.5 Å². The summed E-state index contributed by atoms with van der Waals surface area (Å²) < 4.78 is 0. The van der Waals surface area contributed by atoms with Crippen LogP contribution >= 0.6 is 0 Å². The third-order valence-electron chi connectivity index (χ3n) is 3.60. The molecule has 0 fully saturated rings. The van der Waals surface area contributed by atoms with E-state index in [4.69, 9.17) is 5.11 Å². The van der Waals surface area contributed by atoms with E-state index in [0.717, 1.165) is 6.42 Å². The molecule has 2 atom stereocenters. The Kier molecular flexibility index (Phi) is 6.96. The first-order chi connectivity index (χ1) is 8.16. The molecule has 0 saturated carbocycles. The second-order valence-corrected chi connectivity index (χ2v) is 6.15. The fourth-order valence-electron chi connectivity index (χ4n) is 1.52. The summed E-state index contributed by atoms with van der Waals surface area (Å²) in [6.07, 6.45) is 1.38. The molecule has 0 aromatic heterocycles. The van der Waals surface area contributed by atoms with Crippen molar-refractivity contribution in [3.8, 4) is 0 Å². The van der Waals surface area contributed by atoms with E-state index in [1.54, 1.807) is 0 Å². The minimum absolute atomic E-state index is 0.0151. The van der Waals surface area contributed by atoms with E-state index in [2.05, 4.69) is 33.0 Å². The highest BCUT2D eigenvalue weighted by Gasteiger charge is 2.22. The molecule has 2 N–H and O–H groups in total. The summed E-state index contributed by atoms with van der Waals surface area (Å²) in [7, 11) is 0. The van der Waals surface area contributed by atoms with Crippen LogP contribution in [0.25, 0.3) is 0 Å². The van der Waals surface area contributed by atoms with Crippen molar-refractivity contribution in [1.29, 1.82) is 0 Å². The van der Waals surface area contributed by atoms with E-state index in [0.29, 0.717) is 18.9 Å². The van der Waals surface area contributed by atoms with Crippen molar-refractivity contribution in [3.63, 3.8) is 0 Å². The lowest BCUT2D eigenvalue weighted by atomic mass is 9.80. The highest BCUT2D eigenvalue weighted by Crippen LogP contribution is 2.27. The molecular weight excluding hydrogens is 230 g/mol. The summed E-state index contributed by atoms with van der Waals surface area (Å²) in [5, 5.41) is 11.6. The molecule has 0 aromatic carbocycles. The Morgan fingerprint density at radius 2 is 1.78 bits per heavy atom.